The molecule has 88 valence electrons. The predicted molar refractivity (Wildman–Crippen MR) is 76.0 cm³/mol. The Morgan fingerprint density at radius 2 is 2.12 bits per heavy atom. The van der Waals surface area contributed by atoms with E-state index in [9.17, 15) is 4.79 Å². The van der Waals surface area contributed by atoms with Gasteiger partial charge in [0.1, 0.15) is 6.54 Å². The van der Waals surface area contributed by atoms with E-state index in [4.69, 9.17) is 5.41 Å². The zero-order valence-electron chi connectivity index (χ0n) is 8.81. The molecule has 0 spiro atoms. The van der Waals surface area contributed by atoms with Gasteiger partial charge in [-0.2, -0.15) is 0 Å². The highest BCUT2D eigenvalue weighted by atomic mass is 127. The number of nitrogens with zero attached hydrogens (tertiary/aromatic N) is 1. The van der Waals surface area contributed by atoms with E-state index in [1.165, 1.54) is 11.3 Å². The van der Waals surface area contributed by atoms with Crippen LogP contribution in [-0.4, -0.2) is 10.5 Å². The number of hydrogen-bond acceptors (Lipinski definition) is 3. The van der Waals surface area contributed by atoms with Crippen molar-refractivity contribution in [1.82, 2.24) is 4.57 Å². The van der Waals surface area contributed by atoms with Gasteiger partial charge in [-0.05, 0) is 46.9 Å². The molecule has 0 aliphatic carbocycles. The number of nitrogens with one attached hydrogen (secondary N) is 2. The van der Waals surface area contributed by atoms with Crippen LogP contribution < -0.4 is 10.1 Å². The quantitative estimate of drug-likeness (QED) is 0.812. The normalized spacial score (nSPS) is 10.2. The summed E-state index contributed by atoms with van der Waals surface area (Å²) in [6.45, 7) is 0.175. The summed E-state index contributed by atoms with van der Waals surface area (Å²) in [7, 11) is 0. The first-order chi connectivity index (χ1) is 8.15. The molecule has 2 aromatic rings. The molecule has 1 aromatic carbocycles. The van der Waals surface area contributed by atoms with Crippen molar-refractivity contribution in [2.45, 2.75) is 6.54 Å². The molecule has 0 saturated heterocycles. The highest BCUT2D eigenvalue weighted by Gasteiger charge is 2.04. The van der Waals surface area contributed by atoms with Crippen LogP contribution in [0.4, 0.5) is 5.69 Å². The fourth-order valence-electron chi connectivity index (χ4n) is 1.32. The lowest BCUT2D eigenvalue weighted by atomic mass is 10.3. The molecule has 0 bridgehead atoms. The Kier molecular flexibility index (Phi) is 3.95. The molecule has 1 heterocycles. The Morgan fingerprint density at radius 1 is 1.41 bits per heavy atom. The predicted octanol–water partition coefficient (Wildman–Crippen LogP) is 2.27. The smallest absolute Gasteiger partial charge is 0.244 e. The minimum absolute atomic E-state index is 0.122. The maximum atomic E-state index is 11.7. The summed E-state index contributed by atoms with van der Waals surface area (Å²) < 4.78 is 2.73. The molecule has 0 fully saturated rings. The third-order valence-electron chi connectivity index (χ3n) is 2.12. The third kappa shape index (κ3) is 3.40. The second-order valence-electron chi connectivity index (χ2n) is 3.39. The van der Waals surface area contributed by atoms with Crippen LogP contribution in [0.1, 0.15) is 0 Å². The van der Waals surface area contributed by atoms with Crippen LogP contribution in [0, 0.1) is 8.98 Å². The fourth-order valence-corrected chi connectivity index (χ4v) is 2.27. The average Bonchev–Trinajstić information content (AvgIpc) is 2.68. The molecule has 0 aliphatic rings. The van der Waals surface area contributed by atoms with E-state index < -0.39 is 0 Å². The third-order valence-corrected chi connectivity index (χ3v) is 3.56. The molecule has 17 heavy (non-hydrogen) atoms. The summed E-state index contributed by atoms with van der Waals surface area (Å²) in [5.74, 6) is -0.122. The van der Waals surface area contributed by atoms with Gasteiger partial charge in [-0.3, -0.25) is 10.2 Å². The lowest BCUT2D eigenvalue weighted by Crippen LogP contribution is -2.23. The molecule has 0 saturated carbocycles. The van der Waals surface area contributed by atoms with E-state index in [1.54, 1.807) is 16.1 Å². The number of thiazole rings is 1. The minimum atomic E-state index is -0.122. The summed E-state index contributed by atoms with van der Waals surface area (Å²) in [5.41, 5.74) is 0.776. The molecule has 2 N–H and O–H groups in total. The number of aromatic nitrogens is 1. The van der Waals surface area contributed by atoms with Gasteiger partial charge in [0.25, 0.3) is 0 Å². The molecule has 2 rings (SSSR count). The molecule has 1 aromatic heterocycles. The number of anilines is 1. The van der Waals surface area contributed by atoms with Crippen molar-refractivity contribution in [3.63, 3.8) is 0 Å². The van der Waals surface area contributed by atoms with E-state index in [-0.39, 0.29) is 12.5 Å². The summed E-state index contributed by atoms with van der Waals surface area (Å²) >= 11 is 3.52. The summed E-state index contributed by atoms with van der Waals surface area (Å²) in [4.78, 5) is 12.1. The van der Waals surface area contributed by atoms with Crippen molar-refractivity contribution < 1.29 is 4.79 Å². The van der Waals surface area contributed by atoms with E-state index >= 15 is 0 Å². The van der Waals surface area contributed by atoms with E-state index in [0.29, 0.717) is 4.80 Å². The molecule has 4 nitrogen and oxygen atoms in total. The van der Waals surface area contributed by atoms with Crippen molar-refractivity contribution in [2.24, 2.45) is 0 Å². The second kappa shape index (κ2) is 5.46. The van der Waals surface area contributed by atoms with Crippen LogP contribution in [0.2, 0.25) is 0 Å². The Balaban J connectivity index is 2.00. The molecule has 1 amide bonds. The average molecular weight is 359 g/mol. The summed E-state index contributed by atoms with van der Waals surface area (Å²) in [5, 5.41) is 12.1. The lowest BCUT2D eigenvalue weighted by molar-refractivity contribution is -0.116. The Hall–Kier alpha value is -1.15. The molecule has 0 unspecified atom stereocenters. The van der Waals surface area contributed by atoms with Crippen molar-refractivity contribution in [3.8, 4) is 0 Å². The second-order valence-corrected chi connectivity index (χ2v) is 5.53. The topological polar surface area (TPSA) is 57.9 Å². The monoisotopic (exact) mass is 359 g/mol. The molecule has 6 heteroatoms. The van der Waals surface area contributed by atoms with Crippen molar-refractivity contribution in [1.29, 1.82) is 5.41 Å². The molecule has 0 radical (unpaired) electrons. The number of carbonyl (C=O) groups excluding carboxylic acids is 1. The van der Waals surface area contributed by atoms with Gasteiger partial charge < -0.3 is 9.88 Å². The zero-order chi connectivity index (χ0) is 12.3. The molecule has 0 atom stereocenters. The Morgan fingerprint density at radius 3 is 2.71 bits per heavy atom. The number of hydrogen-bond donors (Lipinski definition) is 2. The van der Waals surface area contributed by atoms with Gasteiger partial charge in [0.15, 0.2) is 4.80 Å². The number of halogens is 1. The van der Waals surface area contributed by atoms with Gasteiger partial charge in [0.2, 0.25) is 5.91 Å². The van der Waals surface area contributed by atoms with Crippen LogP contribution in [0.5, 0.6) is 0 Å². The van der Waals surface area contributed by atoms with Crippen LogP contribution >= 0.6 is 33.9 Å². The minimum Gasteiger partial charge on any atom is -0.325 e. The van der Waals surface area contributed by atoms with Crippen molar-refractivity contribution in [3.05, 3.63) is 44.2 Å². The van der Waals surface area contributed by atoms with Gasteiger partial charge in [-0.1, -0.05) is 0 Å². The number of carbonyl (C=O) groups is 1. The van der Waals surface area contributed by atoms with Crippen molar-refractivity contribution >= 4 is 45.5 Å². The maximum Gasteiger partial charge on any atom is 0.244 e. The summed E-state index contributed by atoms with van der Waals surface area (Å²) in [6, 6.07) is 7.59. The molecule has 0 aliphatic heterocycles. The van der Waals surface area contributed by atoms with Gasteiger partial charge >= 0.3 is 0 Å². The van der Waals surface area contributed by atoms with E-state index in [1.807, 2.05) is 24.3 Å². The van der Waals surface area contributed by atoms with Crippen LogP contribution in [0.25, 0.3) is 0 Å². The first kappa shape index (κ1) is 12.3. The highest BCUT2D eigenvalue weighted by Crippen LogP contribution is 2.10. The molecular weight excluding hydrogens is 349 g/mol. The Bertz CT molecular complexity index is 573. The largest absolute Gasteiger partial charge is 0.325 e. The standard InChI is InChI=1S/C11H10IN3OS/c12-8-1-3-9(4-2-8)14-10(16)7-15-5-6-17-11(15)13/h1-6,13H,7H2,(H,14,16). The van der Waals surface area contributed by atoms with Gasteiger partial charge in [-0.25, -0.2) is 0 Å². The highest BCUT2D eigenvalue weighted by molar-refractivity contribution is 14.1. The maximum absolute atomic E-state index is 11.7. The number of rotatable bonds is 3. The van der Waals surface area contributed by atoms with Gasteiger partial charge in [0.05, 0.1) is 0 Å². The fraction of sp³-hybridized carbons (Fsp3) is 0.0909. The van der Waals surface area contributed by atoms with E-state index in [2.05, 4.69) is 27.9 Å². The zero-order valence-corrected chi connectivity index (χ0v) is 11.8. The van der Waals surface area contributed by atoms with Crippen LogP contribution in [0.3, 0.4) is 0 Å². The van der Waals surface area contributed by atoms with Crippen LogP contribution in [-0.2, 0) is 11.3 Å². The van der Waals surface area contributed by atoms with E-state index in [0.717, 1.165) is 9.26 Å². The first-order valence-electron chi connectivity index (χ1n) is 4.89. The summed E-state index contributed by atoms with van der Waals surface area (Å²) in [6.07, 6.45) is 1.74. The number of benzene rings is 1. The Labute approximate surface area is 116 Å². The van der Waals surface area contributed by atoms with Gasteiger partial charge in [-0.15, -0.1) is 11.3 Å². The first-order valence-corrected chi connectivity index (χ1v) is 6.85. The van der Waals surface area contributed by atoms with Crippen LogP contribution in [0.15, 0.2) is 35.8 Å². The SMILES string of the molecule is N=c1sccn1CC(=O)Nc1ccc(I)cc1. The van der Waals surface area contributed by atoms with Crippen molar-refractivity contribution in [2.75, 3.05) is 5.32 Å². The lowest BCUT2D eigenvalue weighted by Gasteiger charge is -2.05. The van der Waals surface area contributed by atoms with Gasteiger partial charge in [0, 0.05) is 20.8 Å². The molecular formula is C11H10IN3OS. The number of amides is 1.